The van der Waals surface area contributed by atoms with Gasteiger partial charge in [0.1, 0.15) is 11.3 Å². The summed E-state index contributed by atoms with van der Waals surface area (Å²) in [5, 5.41) is 11.6. The number of imidazole rings is 1. The number of fused-ring (bicyclic) bond motifs is 1. The molecule has 0 bridgehead atoms. The number of pyridine rings is 2. The number of hydrogen-bond acceptors (Lipinski definition) is 6. The predicted octanol–water partition coefficient (Wildman–Crippen LogP) is 2.69. The molecule has 0 spiro atoms. The molecule has 9 nitrogen and oxygen atoms in total. The Balaban J connectivity index is 1.78. The number of halogens is 1. The summed E-state index contributed by atoms with van der Waals surface area (Å²) in [6, 6.07) is 5.11. The lowest BCUT2D eigenvalue weighted by Gasteiger charge is -2.11. The number of sulfonamides is 1. The van der Waals surface area contributed by atoms with Gasteiger partial charge in [0.15, 0.2) is 5.03 Å². The van der Waals surface area contributed by atoms with Crippen LogP contribution in [0.25, 0.3) is 16.8 Å². The molecule has 11 heteroatoms. The van der Waals surface area contributed by atoms with E-state index < -0.39 is 10.0 Å². The lowest BCUT2D eigenvalue weighted by molar-refractivity contribution is 0.596. The SMILES string of the molecule is Cn1cc(-c2cnc(C=N)c(NS(=O)(=O)c3cnc4ccc(Br)cn34)c2)cn1. The van der Waals surface area contributed by atoms with E-state index in [2.05, 4.69) is 35.7 Å². The van der Waals surface area contributed by atoms with Crippen LogP contribution in [0.4, 0.5) is 5.69 Å². The lowest BCUT2D eigenvalue weighted by Crippen LogP contribution is -2.16. The molecule has 0 saturated heterocycles. The average molecular weight is 460 g/mol. The summed E-state index contributed by atoms with van der Waals surface area (Å²) in [5.74, 6) is 0. The van der Waals surface area contributed by atoms with E-state index >= 15 is 0 Å². The Morgan fingerprint density at radius 3 is 2.68 bits per heavy atom. The third kappa shape index (κ3) is 3.29. The second-order valence-electron chi connectivity index (χ2n) is 5.98. The lowest BCUT2D eigenvalue weighted by atomic mass is 10.1. The molecule has 0 aliphatic rings. The van der Waals surface area contributed by atoms with Gasteiger partial charge < -0.3 is 5.41 Å². The highest BCUT2D eigenvalue weighted by Crippen LogP contribution is 2.25. The number of aromatic nitrogens is 5. The molecule has 0 aliphatic carbocycles. The van der Waals surface area contributed by atoms with E-state index in [-0.39, 0.29) is 16.4 Å². The minimum atomic E-state index is -3.97. The van der Waals surface area contributed by atoms with Crippen LogP contribution in [0.3, 0.4) is 0 Å². The smallest absolute Gasteiger partial charge is 0.279 e. The van der Waals surface area contributed by atoms with Gasteiger partial charge >= 0.3 is 0 Å². The highest BCUT2D eigenvalue weighted by atomic mass is 79.9. The van der Waals surface area contributed by atoms with Gasteiger partial charge in [-0.05, 0) is 34.1 Å². The van der Waals surface area contributed by atoms with Gasteiger partial charge in [-0.25, -0.2) is 4.98 Å². The molecule has 4 aromatic heterocycles. The van der Waals surface area contributed by atoms with Crippen molar-refractivity contribution in [2.45, 2.75) is 5.03 Å². The molecule has 0 aliphatic heterocycles. The zero-order valence-electron chi connectivity index (χ0n) is 14.5. The van der Waals surface area contributed by atoms with Gasteiger partial charge in [0.2, 0.25) is 0 Å². The number of nitrogens with one attached hydrogen (secondary N) is 2. The fourth-order valence-corrected chi connectivity index (χ4v) is 4.22. The van der Waals surface area contributed by atoms with E-state index in [0.29, 0.717) is 11.2 Å². The van der Waals surface area contributed by atoms with E-state index in [1.807, 2.05) is 0 Å². The molecule has 2 N–H and O–H groups in total. The highest BCUT2D eigenvalue weighted by molar-refractivity contribution is 9.10. The van der Waals surface area contributed by atoms with E-state index in [4.69, 9.17) is 5.41 Å². The van der Waals surface area contributed by atoms with Crippen LogP contribution in [0.2, 0.25) is 0 Å². The van der Waals surface area contributed by atoms with Crippen LogP contribution in [0, 0.1) is 5.41 Å². The predicted molar refractivity (Wildman–Crippen MR) is 108 cm³/mol. The Labute approximate surface area is 168 Å². The second kappa shape index (κ2) is 6.84. The van der Waals surface area contributed by atoms with Crippen molar-refractivity contribution in [1.82, 2.24) is 24.1 Å². The standard InChI is InChI=1S/C17H14BrN7O2S/c1-24-9-12(7-22-24)11-4-14(15(5-19)20-6-11)23-28(26,27)17-8-21-16-3-2-13(18)10-25(16)17/h2-10,19,23H,1H3. The normalized spacial score (nSPS) is 11.6. The van der Waals surface area contributed by atoms with Crippen molar-refractivity contribution in [1.29, 1.82) is 5.41 Å². The van der Waals surface area contributed by atoms with Crippen LogP contribution < -0.4 is 4.72 Å². The van der Waals surface area contributed by atoms with Gasteiger partial charge in [-0.3, -0.25) is 18.8 Å². The molecule has 0 radical (unpaired) electrons. The summed E-state index contributed by atoms with van der Waals surface area (Å²) in [7, 11) is -2.19. The number of hydrogen-bond donors (Lipinski definition) is 2. The molecule has 4 heterocycles. The van der Waals surface area contributed by atoms with Crippen LogP contribution in [-0.2, 0) is 17.1 Å². The first-order chi connectivity index (χ1) is 13.4. The van der Waals surface area contributed by atoms with Crippen molar-refractivity contribution in [3.63, 3.8) is 0 Å². The molecule has 4 aromatic rings. The maximum Gasteiger partial charge on any atom is 0.279 e. The fraction of sp³-hybridized carbons (Fsp3) is 0.0588. The molecule has 28 heavy (non-hydrogen) atoms. The largest absolute Gasteiger partial charge is 0.306 e. The van der Waals surface area contributed by atoms with Crippen LogP contribution in [0.5, 0.6) is 0 Å². The zero-order chi connectivity index (χ0) is 19.9. The molecular weight excluding hydrogens is 446 g/mol. The maximum absolute atomic E-state index is 13.0. The fourth-order valence-electron chi connectivity index (χ4n) is 2.73. The van der Waals surface area contributed by atoms with Crippen molar-refractivity contribution in [3.05, 3.63) is 59.3 Å². The minimum absolute atomic E-state index is 0.0217. The van der Waals surface area contributed by atoms with Gasteiger partial charge in [0.05, 0.1) is 18.1 Å². The first-order valence-corrected chi connectivity index (χ1v) is 10.3. The van der Waals surface area contributed by atoms with E-state index in [0.717, 1.165) is 16.3 Å². The summed E-state index contributed by atoms with van der Waals surface area (Å²) in [6.45, 7) is 0. The summed E-state index contributed by atoms with van der Waals surface area (Å²) >= 11 is 3.33. The molecule has 0 aromatic carbocycles. The number of anilines is 1. The molecule has 0 saturated carbocycles. The molecule has 0 atom stereocenters. The van der Waals surface area contributed by atoms with E-state index in [9.17, 15) is 8.42 Å². The number of aryl methyl sites for hydroxylation is 1. The summed E-state index contributed by atoms with van der Waals surface area (Å²) in [5.41, 5.74) is 2.36. The summed E-state index contributed by atoms with van der Waals surface area (Å²) in [4.78, 5) is 8.32. The Hall–Kier alpha value is -3.05. The average Bonchev–Trinajstić information content (AvgIpc) is 3.27. The first-order valence-electron chi connectivity index (χ1n) is 8.02. The monoisotopic (exact) mass is 459 g/mol. The van der Waals surface area contributed by atoms with Crippen LogP contribution in [0.15, 0.2) is 58.7 Å². The van der Waals surface area contributed by atoms with Crippen molar-refractivity contribution in [3.8, 4) is 11.1 Å². The Kier molecular flexibility index (Phi) is 4.47. The number of rotatable bonds is 5. The zero-order valence-corrected chi connectivity index (χ0v) is 16.9. The molecule has 0 unspecified atom stereocenters. The van der Waals surface area contributed by atoms with E-state index in [1.165, 1.54) is 10.6 Å². The van der Waals surface area contributed by atoms with Crippen molar-refractivity contribution in [2.24, 2.45) is 7.05 Å². The Morgan fingerprint density at radius 1 is 1.14 bits per heavy atom. The number of nitrogens with zero attached hydrogens (tertiary/aromatic N) is 5. The van der Waals surface area contributed by atoms with Gasteiger partial charge in [0, 0.05) is 47.5 Å². The van der Waals surface area contributed by atoms with Gasteiger partial charge in [-0.2, -0.15) is 13.5 Å². The van der Waals surface area contributed by atoms with Crippen molar-refractivity contribution >= 4 is 43.5 Å². The summed E-state index contributed by atoms with van der Waals surface area (Å²) in [6.07, 6.45) is 8.92. The van der Waals surface area contributed by atoms with Gasteiger partial charge in [-0.15, -0.1) is 0 Å². The quantitative estimate of drug-likeness (QED) is 0.444. The molecule has 0 fully saturated rings. The molecule has 4 rings (SSSR count). The van der Waals surface area contributed by atoms with Crippen LogP contribution in [0.1, 0.15) is 5.69 Å². The second-order valence-corrected chi connectivity index (χ2v) is 8.53. The molecule has 0 amide bonds. The van der Waals surface area contributed by atoms with Crippen molar-refractivity contribution in [2.75, 3.05) is 4.72 Å². The molecule has 142 valence electrons. The third-order valence-corrected chi connectivity index (χ3v) is 5.86. The Bertz CT molecular complexity index is 1310. The Morgan fingerprint density at radius 2 is 1.96 bits per heavy atom. The topological polar surface area (TPSA) is 118 Å². The van der Waals surface area contributed by atoms with Crippen molar-refractivity contribution < 1.29 is 8.42 Å². The van der Waals surface area contributed by atoms with E-state index in [1.54, 1.807) is 54.7 Å². The van der Waals surface area contributed by atoms with Gasteiger partial charge in [-0.1, -0.05) is 0 Å². The summed E-state index contributed by atoms with van der Waals surface area (Å²) < 4.78 is 32.4. The van der Waals surface area contributed by atoms with Crippen LogP contribution >= 0.6 is 15.9 Å². The first kappa shape index (κ1) is 18.3. The van der Waals surface area contributed by atoms with Crippen LogP contribution in [-0.4, -0.2) is 38.8 Å². The maximum atomic E-state index is 13.0. The molecular formula is C17H14BrN7O2S. The third-order valence-electron chi connectivity index (χ3n) is 4.05. The van der Waals surface area contributed by atoms with Gasteiger partial charge in [0.25, 0.3) is 10.0 Å². The minimum Gasteiger partial charge on any atom is -0.306 e. The highest BCUT2D eigenvalue weighted by Gasteiger charge is 2.21.